The fourth-order valence-electron chi connectivity index (χ4n) is 7.74. The van der Waals surface area contributed by atoms with Crippen LogP contribution in [0.5, 0.6) is 11.5 Å². The monoisotopic (exact) mass is 580 g/mol. The number of ether oxygens (including phenoxy) is 4. The molecule has 2 aromatic rings. The normalized spacial score (nSPS) is 29.1. The third kappa shape index (κ3) is 6.40. The summed E-state index contributed by atoms with van der Waals surface area (Å²) in [5, 5.41) is 12.4. The first kappa shape index (κ1) is 31.7. The molecule has 0 aliphatic heterocycles. The van der Waals surface area contributed by atoms with E-state index in [0.29, 0.717) is 35.5 Å². The molecule has 2 aliphatic rings. The molecule has 42 heavy (non-hydrogen) atoms. The van der Waals surface area contributed by atoms with Crippen molar-refractivity contribution in [2.24, 2.45) is 22.7 Å². The second kappa shape index (κ2) is 12.2. The van der Waals surface area contributed by atoms with Crippen molar-refractivity contribution in [2.45, 2.75) is 91.5 Å². The number of benzene rings is 2. The Morgan fingerprint density at radius 3 is 2.24 bits per heavy atom. The van der Waals surface area contributed by atoms with Gasteiger partial charge in [-0.05, 0) is 78.7 Å². The van der Waals surface area contributed by atoms with Crippen LogP contribution in [-0.2, 0) is 30.3 Å². The largest absolute Gasteiger partial charge is 0.457 e. The standard InChI is InChI=1S/C34H44O8/c1-21(35)40-25-14-15-26(41-22(2)36)24(18-25)19-28-33(5)17-11-16-32(3,4)27(33)20-29(34(28,6)38)42-31(37)30(39-7)23-12-9-8-10-13-23/h8-10,12-15,18,27-30,38H,11,16-17,19-20H2,1-7H3/t27-,28+,29+,30+,33-,34-/m0/s1. The molecule has 0 unspecified atom stereocenters. The first-order chi connectivity index (χ1) is 19.7. The predicted molar refractivity (Wildman–Crippen MR) is 157 cm³/mol. The minimum Gasteiger partial charge on any atom is -0.457 e. The molecule has 0 spiro atoms. The molecular formula is C34H44O8. The number of hydrogen-bond acceptors (Lipinski definition) is 8. The fraction of sp³-hybridized carbons (Fsp3) is 0.559. The molecule has 228 valence electrons. The Bertz CT molecular complexity index is 1300. The average Bonchev–Trinajstić information content (AvgIpc) is 2.89. The Morgan fingerprint density at radius 1 is 0.952 bits per heavy atom. The summed E-state index contributed by atoms with van der Waals surface area (Å²) in [5.74, 6) is -1.09. The number of methoxy groups -OCH3 is 1. The molecule has 2 saturated carbocycles. The zero-order valence-electron chi connectivity index (χ0n) is 25.8. The molecule has 6 atom stereocenters. The minimum atomic E-state index is -1.44. The topological polar surface area (TPSA) is 108 Å². The van der Waals surface area contributed by atoms with Gasteiger partial charge in [0.15, 0.2) is 6.10 Å². The number of carbonyl (C=O) groups excluding carboxylic acids is 3. The molecule has 2 aromatic carbocycles. The van der Waals surface area contributed by atoms with Gasteiger partial charge in [0.25, 0.3) is 0 Å². The predicted octanol–water partition coefficient (Wildman–Crippen LogP) is 5.98. The Hall–Kier alpha value is -3.23. The smallest absolute Gasteiger partial charge is 0.340 e. The third-order valence-corrected chi connectivity index (χ3v) is 9.66. The van der Waals surface area contributed by atoms with E-state index < -0.39 is 35.7 Å². The van der Waals surface area contributed by atoms with E-state index in [1.807, 2.05) is 30.3 Å². The van der Waals surface area contributed by atoms with E-state index in [9.17, 15) is 19.5 Å². The van der Waals surface area contributed by atoms with E-state index in [1.54, 1.807) is 25.1 Å². The summed E-state index contributed by atoms with van der Waals surface area (Å²) >= 11 is 0. The molecule has 0 heterocycles. The second-order valence-corrected chi connectivity index (χ2v) is 13.0. The van der Waals surface area contributed by atoms with Gasteiger partial charge in [0, 0.05) is 26.9 Å². The van der Waals surface area contributed by atoms with Gasteiger partial charge in [-0.1, -0.05) is 57.5 Å². The summed E-state index contributed by atoms with van der Waals surface area (Å²) in [5.41, 5.74) is -0.519. The number of aliphatic hydroxyl groups is 1. The first-order valence-electron chi connectivity index (χ1n) is 14.7. The van der Waals surface area contributed by atoms with Crippen LogP contribution in [0.2, 0.25) is 0 Å². The quantitative estimate of drug-likeness (QED) is 0.300. The van der Waals surface area contributed by atoms with Crippen molar-refractivity contribution in [1.82, 2.24) is 0 Å². The molecular weight excluding hydrogens is 536 g/mol. The highest BCUT2D eigenvalue weighted by Crippen LogP contribution is 2.63. The van der Waals surface area contributed by atoms with Crippen molar-refractivity contribution in [3.05, 3.63) is 59.7 Å². The highest BCUT2D eigenvalue weighted by atomic mass is 16.6. The van der Waals surface area contributed by atoms with Crippen LogP contribution < -0.4 is 9.47 Å². The number of carbonyl (C=O) groups is 3. The summed E-state index contributed by atoms with van der Waals surface area (Å²) in [6.45, 7) is 11.1. The highest BCUT2D eigenvalue weighted by Gasteiger charge is 2.62. The molecule has 0 aromatic heterocycles. The van der Waals surface area contributed by atoms with Gasteiger partial charge in [0.2, 0.25) is 0 Å². The Balaban J connectivity index is 1.76. The van der Waals surface area contributed by atoms with Crippen LogP contribution in [0.3, 0.4) is 0 Å². The third-order valence-electron chi connectivity index (χ3n) is 9.66. The van der Waals surface area contributed by atoms with Gasteiger partial charge in [0.1, 0.15) is 23.2 Å². The van der Waals surface area contributed by atoms with Crippen molar-refractivity contribution >= 4 is 17.9 Å². The maximum atomic E-state index is 13.6. The number of fused-ring (bicyclic) bond motifs is 1. The summed E-state index contributed by atoms with van der Waals surface area (Å²) in [6, 6.07) is 14.0. The van der Waals surface area contributed by atoms with Crippen LogP contribution in [0.1, 0.15) is 84.5 Å². The van der Waals surface area contributed by atoms with Crippen LogP contribution in [0.15, 0.2) is 48.5 Å². The Labute approximate surface area is 248 Å². The molecule has 0 saturated heterocycles. The zero-order valence-corrected chi connectivity index (χ0v) is 25.8. The van der Waals surface area contributed by atoms with Gasteiger partial charge in [-0.15, -0.1) is 0 Å². The molecule has 2 aliphatic carbocycles. The van der Waals surface area contributed by atoms with Gasteiger partial charge in [-0.3, -0.25) is 9.59 Å². The lowest BCUT2D eigenvalue weighted by atomic mass is 9.44. The van der Waals surface area contributed by atoms with Gasteiger partial charge in [0.05, 0.1) is 0 Å². The van der Waals surface area contributed by atoms with E-state index in [1.165, 1.54) is 21.0 Å². The second-order valence-electron chi connectivity index (χ2n) is 13.0. The molecule has 0 amide bonds. The minimum absolute atomic E-state index is 0.0647. The molecule has 0 radical (unpaired) electrons. The van der Waals surface area contributed by atoms with Gasteiger partial charge in [-0.25, -0.2) is 4.79 Å². The molecule has 8 heteroatoms. The highest BCUT2D eigenvalue weighted by molar-refractivity contribution is 5.77. The van der Waals surface area contributed by atoms with E-state index in [2.05, 4.69) is 20.8 Å². The molecule has 0 bridgehead atoms. The summed E-state index contributed by atoms with van der Waals surface area (Å²) in [6.07, 6.45) is 2.00. The van der Waals surface area contributed by atoms with Crippen LogP contribution >= 0.6 is 0 Å². The van der Waals surface area contributed by atoms with E-state index >= 15 is 0 Å². The maximum Gasteiger partial charge on any atom is 0.340 e. The van der Waals surface area contributed by atoms with Crippen LogP contribution in [0, 0.1) is 22.7 Å². The summed E-state index contributed by atoms with van der Waals surface area (Å²) < 4.78 is 22.6. The zero-order chi connectivity index (χ0) is 30.9. The molecule has 2 fully saturated rings. The Kier molecular flexibility index (Phi) is 9.19. The lowest BCUT2D eigenvalue weighted by Gasteiger charge is -2.63. The molecule has 1 N–H and O–H groups in total. The summed E-state index contributed by atoms with van der Waals surface area (Å²) in [7, 11) is 1.47. The fourth-order valence-corrected chi connectivity index (χ4v) is 7.74. The number of hydrogen-bond donors (Lipinski definition) is 1. The van der Waals surface area contributed by atoms with Crippen molar-refractivity contribution in [3.8, 4) is 11.5 Å². The average molecular weight is 581 g/mol. The maximum absolute atomic E-state index is 13.6. The van der Waals surface area contributed by atoms with E-state index in [4.69, 9.17) is 18.9 Å². The van der Waals surface area contributed by atoms with Crippen molar-refractivity contribution in [2.75, 3.05) is 7.11 Å². The SMILES string of the molecule is CO[C@@H](C(=O)O[C@@H]1C[C@H]2C(C)(C)CCC[C@]2(C)[C@@H](Cc2cc(OC(C)=O)ccc2OC(C)=O)[C@]1(C)O)c1ccccc1. The number of esters is 3. The molecule has 8 nitrogen and oxygen atoms in total. The van der Waals surface area contributed by atoms with Crippen molar-refractivity contribution < 1.29 is 38.4 Å². The van der Waals surface area contributed by atoms with Crippen LogP contribution in [0.4, 0.5) is 0 Å². The van der Waals surface area contributed by atoms with Crippen LogP contribution in [0.25, 0.3) is 0 Å². The molecule has 4 rings (SSSR count). The Morgan fingerprint density at radius 2 is 1.62 bits per heavy atom. The van der Waals surface area contributed by atoms with Crippen molar-refractivity contribution in [1.29, 1.82) is 0 Å². The van der Waals surface area contributed by atoms with E-state index in [0.717, 1.165) is 19.3 Å². The summed E-state index contributed by atoms with van der Waals surface area (Å²) in [4.78, 5) is 37.2. The van der Waals surface area contributed by atoms with Crippen molar-refractivity contribution in [3.63, 3.8) is 0 Å². The first-order valence-corrected chi connectivity index (χ1v) is 14.7. The van der Waals surface area contributed by atoms with Gasteiger partial charge in [-0.2, -0.15) is 0 Å². The lowest BCUT2D eigenvalue weighted by molar-refractivity contribution is -0.234. The lowest BCUT2D eigenvalue weighted by Crippen LogP contribution is -2.64. The van der Waals surface area contributed by atoms with E-state index in [-0.39, 0.29) is 22.7 Å². The van der Waals surface area contributed by atoms with Gasteiger partial charge < -0.3 is 24.1 Å². The van der Waals surface area contributed by atoms with Crippen LogP contribution in [-0.4, -0.2) is 41.8 Å². The number of rotatable bonds is 8. The van der Waals surface area contributed by atoms with Gasteiger partial charge >= 0.3 is 17.9 Å².